The first-order valence-corrected chi connectivity index (χ1v) is 50.6. The monoisotopic (exact) mass is 2030 g/mol. The summed E-state index contributed by atoms with van der Waals surface area (Å²) in [5, 5.41) is 0. The molecule has 0 heterocycles. The molecule has 0 fully saturated rings. The molecule has 0 saturated heterocycles. The summed E-state index contributed by atoms with van der Waals surface area (Å²) in [5.41, 5.74) is 0. The zero-order valence-corrected chi connectivity index (χ0v) is 101. The van der Waals surface area contributed by atoms with Gasteiger partial charge in [-0.3, -0.25) is 38.4 Å². The maximum atomic E-state index is 11.1. The number of likely N-dealkylation sites (N-methyl/N-ethyl adjacent to an activating group) is 6. The van der Waals surface area contributed by atoms with Crippen molar-refractivity contribution in [1.29, 1.82) is 0 Å². The number of esters is 8. The summed E-state index contributed by atoms with van der Waals surface area (Å²) < 4.78 is 58.2. The van der Waals surface area contributed by atoms with Gasteiger partial charge in [-0.05, 0) is 124 Å². The number of carbonyl (C=O) groups is 12. The van der Waals surface area contributed by atoms with E-state index >= 15 is 0 Å². The van der Waals surface area contributed by atoms with Crippen LogP contribution in [0.15, 0.2) is 0 Å². The number of hydrogen-bond donors (Lipinski definition) is 0. The Kier molecular flexibility index (Phi) is 105. The third-order valence-electron chi connectivity index (χ3n) is 22.3. The van der Waals surface area contributed by atoms with Crippen molar-refractivity contribution in [1.82, 2.24) is 0 Å². The van der Waals surface area contributed by atoms with Gasteiger partial charge in [0, 0.05) is 40.7 Å². The molecule has 0 bridgehead atoms. The molecule has 35 nitrogen and oxygen atoms in total. The summed E-state index contributed by atoms with van der Waals surface area (Å²) in [4.78, 5) is 128. The van der Waals surface area contributed by atoms with E-state index in [9.17, 15) is 57.5 Å². The first-order valence-electron chi connectivity index (χ1n) is 50.6. The van der Waals surface area contributed by atoms with Gasteiger partial charge in [0.1, 0.15) is 51.0 Å². The van der Waals surface area contributed by atoms with Gasteiger partial charge in [-0.25, -0.2) is 14.4 Å². The zero-order chi connectivity index (χ0) is 113. The predicted octanol–water partition coefficient (Wildman–Crippen LogP) is 9.38. The van der Waals surface area contributed by atoms with Gasteiger partial charge in [0.25, 0.3) is 0 Å². The van der Waals surface area contributed by atoms with Gasteiger partial charge in [-0.1, -0.05) is 5.92 Å². The molecule has 0 aliphatic rings. The number of methoxy groups -OCH3 is 5. The van der Waals surface area contributed by atoms with Gasteiger partial charge in [0.2, 0.25) is 0 Å². The van der Waals surface area contributed by atoms with Gasteiger partial charge in [0.05, 0.1) is 402 Å². The second-order valence-corrected chi connectivity index (χ2v) is 43.7. The maximum Gasteiger partial charge on any atom is 0.361 e. The number of rotatable bonds is 52. The topological polar surface area (TPSA) is 297 Å². The summed E-state index contributed by atoms with van der Waals surface area (Å²) in [6.07, 6.45) is 4.54. The first-order chi connectivity index (χ1) is 63.6. The van der Waals surface area contributed by atoms with Crippen molar-refractivity contribution in [3.05, 3.63) is 0 Å². The summed E-state index contributed by atoms with van der Waals surface area (Å²) in [7, 11) is 62.6. The molecule has 0 amide bonds. The lowest BCUT2D eigenvalue weighted by Crippen LogP contribution is -2.47. The molecule has 0 spiro atoms. The van der Waals surface area contributed by atoms with Crippen molar-refractivity contribution in [3.8, 4) is 11.8 Å². The Balaban J connectivity index is -0.000000114. The Bertz CT molecular complexity index is 3160. The van der Waals surface area contributed by atoms with Crippen LogP contribution in [0.4, 0.5) is 0 Å². The molecule has 0 aliphatic heterocycles. The standard InChI is InChI=1S/C12H24NO2.C10H22NO2.C10H22NO.C9H20NO.2C8H18NO2.C8H18NO.4C7H16NO2.C6H14NO2.C6H14NO/c1-5-13(3,6-2)9-7-8-10-15-12-11-14-4;1-5-11(4,6-2)9-8-10(12)13-7-3;1-5-11(4,6-2)9-7-8-10(3)12;1-5-10(4,6-2)8-7-9(3)11;1-5-11-8(10)6-7-9(2,3)4;1-5-9(3,6-2)7-8(10)11-4;1-5-9(4,6-2)7-8(3)10;2*1-8(2,3)6-5-7(9)10-4;1-7(9)10-6-5-8(2,3)4;1-5-10-7(9)6-8(2,3)4;1-7(2,3)5-6(8)9-4;1-6(8)5-7(2,3)4/h5-6,9-12H2,1-4H3;5-9H2,1-4H3;5-9H2,1-4H3;5-8H2,1-4H3;2*5-7H2,1-4H3;5-7H2,1-4H3;4*5-6H2,1-4H3;5H2,1-4H3;5H2,1-4H3/q13*+1. The minimum atomic E-state index is -0.201. The SMILES string of the molecule is CC(=O)C[N+](C)(C)C.CC(=O)OCC[N+](C)(C)C.CCOC(=O)CC[N+](C)(C)C.CCOC(=O)CC[N+](C)(CC)CC.CCOC(=O)C[N+](C)(C)C.CC[N+](C)(CC)CC#CCOCCOC.CC[N+](C)(CC)CC(=O)OC.CC[N+](C)(CC)CC(C)=O.CC[N+](C)(CC)CCC(C)=O.CC[N+](C)(CC)CCCC(C)=O.COC(=O)CC[N+](C)(C)C.COC(=O)CC[N+](C)(C)C.COC(=O)C[N+](C)(C)C. The average Bonchev–Trinajstić information content (AvgIpc) is 0.886. The Labute approximate surface area is 860 Å². The average molecular weight is 2030 g/mol. The highest BCUT2D eigenvalue weighted by Crippen LogP contribution is 2.09. The predicted molar refractivity (Wildman–Crippen MR) is 573 cm³/mol. The largest absolute Gasteiger partial charge is 0.469 e. The van der Waals surface area contributed by atoms with Gasteiger partial charge in [-0.2, -0.15) is 0 Å². The molecule has 0 aromatic rings. The van der Waals surface area contributed by atoms with Crippen LogP contribution in [0.1, 0.15) is 183 Å². The highest BCUT2D eigenvalue weighted by Gasteiger charge is 2.25. The number of ketones is 4. The van der Waals surface area contributed by atoms with E-state index in [1.165, 1.54) is 35.4 Å². The van der Waals surface area contributed by atoms with E-state index in [0.29, 0.717) is 125 Å². The fourth-order valence-electron chi connectivity index (χ4n) is 10.1. The second-order valence-electron chi connectivity index (χ2n) is 43.7. The van der Waals surface area contributed by atoms with Crippen LogP contribution in [-0.4, -0.2) is 565 Å². The zero-order valence-electron chi connectivity index (χ0n) is 101. The molecule has 140 heavy (non-hydrogen) atoms. The van der Waals surface area contributed by atoms with Crippen LogP contribution < -0.4 is 0 Å². The lowest BCUT2D eigenvalue weighted by atomic mass is 10.2. The molecule has 0 saturated carbocycles. The highest BCUT2D eigenvalue weighted by molar-refractivity contribution is 5.77. The normalized spacial score (nSPS) is 11.3. The van der Waals surface area contributed by atoms with Crippen molar-refractivity contribution in [3.63, 3.8) is 0 Å². The summed E-state index contributed by atoms with van der Waals surface area (Å²) >= 11 is 0. The molecule has 0 rings (SSSR count). The van der Waals surface area contributed by atoms with Gasteiger partial charge in [0.15, 0.2) is 31.2 Å². The quantitative estimate of drug-likeness (QED) is 0.0180. The molecule has 0 aromatic heterocycles. The van der Waals surface area contributed by atoms with Crippen LogP contribution in [0.25, 0.3) is 0 Å². The first kappa shape index (κ1) is 161. The van der Waals surface area contributed by atoms with E-state index in [1.807, 2.05) is 126 Å². The molecule has 0 atom stereocenters. The molecule has 838 valence electrons. The van der Waals surface area contributed by atoms with Crippen molar-refractivity contribution in [2.75, 3.05) is 436 Å². The van der Waals surface area contributed by atoms with E-state index in [-0.39, 0.29) is 59.3 Å². The van der Waals surface area contributed by atoms with Gasteiger partial charge >= 0.3 is 47.8 Å². The number of quaternary nitrogens is 13. The van der Waals surface area contributed by atoms with Crippen LogP contribution >= 0.6 is 0 Å². The lowest BCUT2D eigenvalue weighted by molar-refractivity contribution is -0.906. The third-order valence-corrected chi connectivity index (χ3v) is 22.3. The smallest absolute Gasteiger partial charge is 0.361 e. The number of hydrogen-bond acceptors (Lipinski definition) is 22. The van der Waals surface area contributed by atoms with E-state index in [0.717, 1.165) is 199 Å². The van der Waals surface area contributed by atoms with Crippen LogP contribution in [0, 0.1) is 11.8 Å². The van der Waals surface area contributed by atoms with E-state index in [4.69, 9.17) is 28.4 Å². The van der Waals surface area contributed by atoms with Crippen molar-refractivity contribution in [2.24, 2.45) is 0 Å². The van der Waals surface area contributed by atoms with Crippen LogP contribution in [0.2, 0.25) is 0 Å². The molecule has 0 aromatic carbocycles. The van der Waals surface area contributed by atoms with Crippen LogP contribution in [-0.2, 0) is 105 Å². The van der Waals surface area contributed by atoms with Gasteiger partial charge in [-0.15, -0.1) is 0 Å². The number of nitrogens with zero attached hydrogens (tertiary/aromatic N) is 13. The fraction of sp³-hybridized carbons (Fsp3) is 0.867. The molecule has 0 unspecified atom stereocenters. The van der Waals surface area contributed by atoms with Crippen molar-refractivity contribution in [2.45, 2.75) is 183 Å². The molecule has 0 N–H and O–H groups in total. The van der Waals surface area contributed by atoms with E-state index in [2.05, 4.69) is 198 Å². The molecular formula is C105H234N13O22+13. The van der Waals surface area contributed by atoms with E-state index < -0.39 is 0 Å². The minimum Gasteiger partial charge on any atom is -0.469 e. The number of carbonyl (C=O) groups excluding carboxylic acids is 12. The molecule has 35 heteroatoms. The lowest BCUT2D eigenvalue weighted by Gasteiger charge is -2.31. The Morgan fingerprint density at radius 2 is 0.493 bits per heavy atom. The summed E-state index contributed by atoms with van der Waals surface area (Å²) in [6.45, 7) is 65.9. The summed E-state index contributed by atoms with van der Waals surface area (Å²) in [5.74, 6) is 6.28. The second kappa shape index (κ2) is 91.1. The van der Waals surface area contributed by atoms with Gasteiger partial charge < -0.3 is 110 Å². The van der Waals surface area contributed by atoms with Crippen molar-refractivity contribution < 1.29 is 163 Å². The highest BCUT2D eigenvalue weighted by atomic mass is 16.6. The minimum absolute atomic E-state index is 0.0752. The number of ether oxygens (including phenoxy) is 10. The third kappa shape index (κ3) is 142. The van der Waals surface area contributed by atoms with Crippen LogP contribution in [0.3, 0.4) is 0 Å². The van der Waals surface area contributed by atoms with E-state index in [1.54, 1.807) is 34.8 Å². The summed E-state index contributed by atoms with van der Waals surface area (Å²) in [6, 6.07) is 0. The fourth-order valence-corrected chi connectivity index (χ4v) is 10.1. The Morgan fingerprint density at radius 1 is 0.221 bits per heavy atom. The molecular weight excluding hydrogens is 1800 g/mol. The Morgan fingerprint density at radius 3 is 0.736 bits per heavy atom. The molecule has 0 aliphatic carbocycles. The maximum absolute atomic E-state index is 11.1. The van der Waals surface area contributed by atoms with Crippen molar-refractivity contribution >= 4 is 70.9 Å². The van der Waals surface area contributed by atoms with Crippen LogP contribution in [0.5, 0.6) is 0 Å². The molecule has 0 radical (unpaired) electrons. The number of Topliss-reactive ketones (excluding diaryl/α,β-unsaturated/α-hetero) is 4. The Hall–Kier alpha value is -6.60.